The molecule has 0 bridgehead atoms. The first-order chi connectivity index (χ1) is 9.28. The maximum Gasteiger partial charge on any atom is 0.0718 e. The summed E-state index contributed by atoms with van der Waals surface area (Å²) in [5.41, 5.74) is 5.34. The molecule has 3 aromatic rings. The van der Waals surface area contributed by atoms with Gasteiger partial charge in [0.05, 0.1) is 6.04 Å². The number of hydrazine groups is 1. The second-order valence-corrected chi connectivity index (χ2v) is 5.81. The highest BCUT2D eigenvalue weighted by Crippen LogP contribution is 2.27. The van der Waals surface area contributed by atoms with E-state index in [1.165, 1.54) is 26.8 Å². The highest BCUT2D eigenvalue weighted by molar-refractivity contribution is 7.10. The summed E-state index contributed by atoms with van der Waals surface area (Å²) in [5, 5.41) is 4.66. The number of aryl methyl sites for hydroxylation is 1. The van der Waals surface area contributed by atoms with Crippen molar-refractivity contribution in [2.75, 3.05) is 0 Å². The van der Waals surface area contributed by atoms with Crippen LogP contribution in [-0.2, 0) is 0 Å². The molecule has 3 rings (SSSR count). The molecule has 1 heterocycles. The number of fused-ring (bicyclic) bond motifs is 1. The van der Waals surface area contributed by atoms with Crippen LogP contribution in [0.25, 0.3) is 10.8 Å². The first-order valence-corrected chi connectivity index (χ1v) is 7.16. The number of nitrogens with one attached hydrogen (secondary N) is 1. The van der Waals surface area contributed by atoms with Crippen molar-refractivity contribution >= 4 is 22.1 Å². The van der Waals surface area contributed by atoms with Crippen LogP contribution in [0, 0.1) is 6.92 Å². The Balaban J connectivity index is 2.06. The van der Waals surface area contributed by atoms with E-state index in [1.54, 1.807) is 11.3 Å². The summed E-state index contributed by atoms with van der Waals surface area (Å²) in [6.07, 6.45) is 0. The highest BCUT2D eigenvalue weighted by atomic mass is 32.1. The predicted octanol–water partition coefficient (Wildman–Crippen LogP) is 3.76. The van der Waals surface area contributed by atoms with Gasteiger partial charge in [-0.2, -0.15) is 0 Å². The largest absolute Gasteiger partial charge is 0.271 e. The van der Waals surface area contributed by atoms with Gasteiger partial charge in [0.25, 0.3) is 0 Å². The van der Waals surface area contributed by atoms with Gasteiger partial charge in [-0.15, -0.1) is 11.3 Å². The Morgan fingerprint density at radius 1 is 1.00 bits per heavy atom. The van der Waals surface area contributed by atoms with Crippen molar-refractivity contribution in [3.8, 4) is 0 Å². The molecule has 0 aliphatic rings. The molecule has 96 valence electrons. The molecule has 0 saturated heterocycles. The van der Waals surface area contributed by atoms with Crippen LogP contribution in [0.4, 0.5) is 0 Å². The minimum atomic E-state index is 0.0505. The minimum Gasteiger partial charge on any atom is -0.271 e. The quantitative estimate of drug-likeness (QED) is 0.560. The van der Waals surface area contributed by atoms with Gasteiger partial charge in [0.1, 0.15) is 0 Å². The van der Waals surface area contributed by atoms with Crippen LogP contribution in [0.15, 0.2) is 53.9 Å². The van der Waals surface area contributed by atoms with Gasteiger partial charge in [-0.25, -0.2) is 5.43 Å². The fraction of sp³-hybridized carbons (Fsp3) is 0.125. The molecule has 0 amide bonds. The van der Waals surface area contributed by atoms with Gasteiger partial charge in [-0.1, -0.05) is 36.4 Å². The zero-order valence-electron chi connectivity index (χ0n) is 10.8. The Labute approximate surface area is 116 Å². The fourth-order valence-electron chi connectivity index (χ4n) is 2.39. The second kappa shape index (κ2) is 5.13. The third kappa shape index (κ3) is 2.40. The Morgan fingerprint density at radius 3 is 2.47 bits per heavy atom. The van der Waals surface area contributed by atoms with Crippen molar-refractivity contribution in [3.05, 3.63) is 69.9 Å². The van der Waals surface area contributed by atoms with Crippen molar-refractivity contribution in [2.45, 2.75) is 13.0 Å². The smallest absolute Gasteiger partial charge is 0.0718 e. The number of hydrogen-bond donors (Lipinski definition) is 2. The lowest BCUT2D eigenvalue weighted by Gasteiger charge is -2.15. The SMILES string of the molecule is Cc1cc(C(NN)c2ccc3ccccc3c2)cs1. The number of rotatable bonds is 3. The van der Waals surface area contributed by atoms with Crippen LogP contribution in [0.2, 0.25) is 0 Å². The van der Waals surface area contributed by atoms with E-state index in [0.717, 1.165) is 0 Å². The maximum absolute atomic E-state index is 5.74. The van der Waals surface area contributed by atoms with E-state index >= 15 is 0 Å². The van der Waals surface area contributed by atoms with E-state index in [2.05, 4.69) is 66.3 Å². The van der Waals surface area contributed by atoms with Gasteiger partial charge in [0.2, 0.25) is 0 Å². The van der Waals surface area contributed by atoms with E-state index in [9.17, 15) is 0 Å². The van der Waals surface area contributed by atoms with E-state index in [1.807, 2.05) is 0 Å². The third-order valence-corrected chi connectivity index (χ3v) is 4.24. The lowest BCUT2D eigenvalue weighted by atomic mass is 9.98. The molecular weight excluding hydrogens is 252 g/mol. The van der Waals surface area contributed by atoms with Crippen molar-refractivity contribution in [2.24, 2.45) is 5.84 Å². The Kier molecular flexibility index (Phi) is 3.34. The van der Waals surface area contributed by atoms with Gasteiger partial charge >= 0.3 is 0 Å². The molecule has 2 aromatic carbocycles. The summed E-state index contributed by atoms with van der Waals surface area (Å²) in [4.78, 5) is 1.30. The van der Waals surface area contributed by atoms with Gasteiger partial charge in [0, 0.05) is 4.88 Å². The van der Waals surface area contributed by atoms with E-state index < -0.39 is 0 Å². The highest BCUT2D eigenvalue weighted by Gasteiger charge is 2.13. The minimum absolute atomic E-state index is 0.0505. The van der Waals surface area contributed by atoms with Crippen molar-refractivity contribution in [1.82, 2.24) is 5.43 Å². The van der Waals surface area contributed by atoms with Crippen molar-refractivity contribution in [1.29, 1.82) is 0 Å². The van der Waals surface area contributed by atoms with Crippen LogP contribution < -0.4 is 11.3 Å². The molecule has 0 fully saturated rings. The van der Waals surface area contributed by atoms with Gasteiger partial charge in [-0.3, -0.25) is 5.84 Å². The van der Waals surface area contributed by atoms with Crippen molar-refractivity contribution in [3.63, 3.8) is 0 Å². The summed E-state index contributed by atoms with van der Waals surface area (Å²) in [6.45, 7) is 2.11. The number of hydrogen-bond acceptors (Lipinski definition) is 3. The average Bonchev–Trinajstić information content (AvgIpc) is 2.86. The Morgan fingerprint density at radius 2 is 1.79 bits per heavy atom. The molecule has 0 saturated carbocycles. The molecule has 1 atom stereocenters. The molecule has 2 nitrogen and oxygen atoms in total. The van der Waals surface area contributed by atoms with Crippen molar-refractivity contribution < 1.29 is 0 Å². The summed E-state index contributed by atoms with van der Waals surface area (Å²) in [7, 11) is 0. The molecule has 3 N–H and O–H groups in total. The standard InChI is InChI=1S/C16H16N2S/c1-11-8-15(10-19-11)16(18-17)14-7-6-12-4-2-3-5-13(12)9-14/h2-10,16,18H,17H2,1H3. The lowest BCUT2D eigenvalue weighted by Crippen LogP contribution is -2.28. The van der Waals surface area contributed by atoms with Crippen LogP contribution in [0.5, 0.6) is 0 Å². The predicted molar refractivity (Wildman–Crippen MR) is 82.2 cm³/mol. The van der Waals surface area contributed by atoms with E-state index in [4.69, 9.17) is 5.84 Å². The fourth-order valence-corrected chi connectivity index (χ4v) is 3.12. The summed E-state index contributed by atoms with van der Waals surface area (Å²) in [5.74, 6) is 5.74. The average molecular weight is 268 g/mol. The molecule has 1 unspecified atom stereocenters. The second-order valence-electron chi connectivity index (χ2n) is 4.70. The van der Waals surface area contributed by atoms with Crippen LogP contribution >= 0.6 is 11.3 Å². The van der Waals surface area contributed by atoms with Gasteiger partial charge < -0.3 is 0 Å². The normalized spacial score (nSPS) is 12.7. The molecule has 19 heavy (non-hydrogen) atoms. The van der Waals surface area contributed by atoms with E-state index in [0.29, 0.717) is 0 Å². The van der Waals surface area contributed by atoms with Crippen LogP contribution in [-0.4, -0.2) is 0 Å². The zero-order valence-corrected chi connectivity index (χ0v) is 11.6. The molecule has 0 aliphatic carbocycles. The topological polar surface area (TPSA) is 38.0 Å². The number of thiophene rings is 1. The number of nitrogens with two attached hydrogens (primary N) is 1. The summed E-state index contributed by atoms with van der Waals surface area (Å²) >= 11 is 1.75. The third-order valence-electron chi connectivity index (χ3n) is 3.36. The zero-order chi connectivity index (χ0) is 13.2. The Bertz CT molecular complexity index is 703. The molecule has 0 radical (unpaired) electrons. The first kappa shape index (κ1) is 12.4. The monoisotopic (exact) mass is 268 g/mol. The molecule has 3 heteroatoms. The summed E-state index contributed by atoms with van der Waals surface area (Å²) < 4.78 is 0. The molecule has 0 spiro atoms. The Hall–Kier alpha value is -1.68. The molecule has 0 aliphatic heterocycles. The molecule has 1 aromatic heterocycles. The number of benzene rings is 2. The summed E-state index contributed by atoms with van der Waals surface area (Å²) in [6, 6.07) is 17.1. The van der Waals surface area contributed by atoms with Gasteiger partial charge in [0.15, 0.2) is 0 Å². The maximum atomic E-state index is 5.74. The first-order valence-electron chi connectivity index (χ1n) is 6.28. The van der Waals surface area contributed by atoms with Gasteiger partial charge in [-0.05, 0) is 46.3 Å². The van der Waals surface area contributed by atoms with Crippen LogP contribution in [0.3, 0.4) is 0 Å². The van der Waals surface area contributed by atoms with E-state index in [-0.39, 0.29) is 6.04 Å². The lowest BCUT2D eigenvalue weighted by molar-refractivity contribution is 0.639. The molecular formula is C16H16N2S. The van der Waals surface area contributed by atoms with Crippen LogP contribution in [0.1, 0.15) is 22.0 Å².